The molecule has 1 rings (SSSR count). The van der Waals surface area contributed by atoms with Crippen LogP contribution in [0.1, 0.15) is 5.56 Å². The van der Waals surface area contributed by atoms with Crippen molar-refractivity contribution in [3.63, 3.8) is 0 Å². The number of nitrogens with one attached hydrogen (secondary N) is 1. The van der Waals surface area contributed by atoms with Gasteiger partial charge in [-0.05, 0) is 24.6 Å². The maximum atomic E-state index is 11.9. The van der Waals surface area contributed by atoms with Crippen molar-refractivity contribution in [2.75, 3.05) is 11.9 Å². The monoisotopic (exact) mass is 267 g/mol. The lowest BCUT2D eigenvalue weighted by atomic mass is 10.2. The molecule has 0 heterocycles. The van der Waals surface area contributed by atoms with Gasteiger partial charge in [0.1, 0.15) is 6.54 Å². The maximum absolute atomic E-state index is 11.9. The smallest absolute Gasteiger partial charge is 0.376 e. The Morgan fingerprint density at radius 2 is 2.00 bits per heavy atom. The number of alkyl halides is 3. The molecule has 0 unspecified atom stereocenters. The molecule has 0 aliphatic carbocycles. The minimum Gasteiger partial charge on any atom is -0.376 e. The molecule has 0 aromatic heterocycles. The standard InChI is InChI=1S/C9H9BrF3N/c1-6-2-3-7(10)4-8(6)14-5-9(11,12)13/h2-4,14H,5H2,1H3. The second-order valence-corrected chi connectivity index (χ2v) is 3.84. The zero-order chi connectivity index (χ0) is 10.8. The fraction of sp³-hybridized carbons (Fsp3) is 0.333. The van der Waals surface area contributed by atoms with Crippen LogP contribution in [-0.2, 0) is 0 Å². The molecule has 0 aliphatic rings. The van der Waals surface area contributed by atoms with Gasteiger partial charge in [0, 0.05) is 10.2 Å². The van der Waals surface area contributed by atoms with Gasteiger partial charge in [0.2, 0.25) is 0 Å². The van der Waals surface area contributed by atoms with Crippen LogP contribution in [0.3, 0.4) is 0 Å². The molecular weight excluding hydrogens is 259 g/mol. The third-order valence-corrected chi connectivity index (χ3v) is 2.17. The van der Waals surface area contributed by atoms with Crippen LogP contribution in [0.5, 0.6) is 0 Å². The Balaban J connectivity index is 2.72. The van der Waals surface area contributed by atoms with Gasteiger partial charge in [0.05, 0.1) is 0 Å². The van der Waals surface area contributed by atoms with E-state index < -0.39 is 12.7 Å². The van der Waals surface area contributed by atoms with E-state index >= 15 is 0 Å². The van der Waals surface area contributed by atoms with Crippen LogP contribution in [-0.4, -0.2) is 12.7 Å². The Morgan fingerprint density at radius 1 is 1.36 bits per heavy atom. The highest BCUT2D eigenvalue weighted by molar-refractivity contribution is 9.10. The highest BCUT2D eigenvalue weighted by atomic mass is 79.9. The van der Waals surface area contributed by atoms with Crippen molar-refractivity contribution in [1.29, 1.82) is 0 Å². The number of aryl methyl sites for hydroxylation is 1. The number of hydrogen-bond acceptors (Lipinski definition) is 1. The maximum Gasteiger partial charge on any atom is 0.405 e. The molecule has 0 spiro atoms. The molecule has 1 aromatic rings. The molecule has 0 atom stereocenters. The van der Waals surface area contributed by atoms with Gasteiger partial charge in [-0.15, -0.1) is 0 Å². The molecule has 0 fully saturated rings. The molecule has 0 saturated heterocycles. The van der Waals surface area contributed by atoms with E-state index in [-0.39, 0.29) is 0 Å². The molecule has 0 bridgehead atoms. The van der Waals surface area contributed by atoms with E-state index in [2.05, 4.69) is 21.2 Å². The Hall–Kier alpha value is -0.710. The van der Waals surface area contributed by atoms with Crippen LogP contribution >= 0.6 is 15.9 Å². The van der Waals surface area contributed by atoms with Crippen LogP contribution < -0.4 is 5.32 Å². The van der Waals surface area contributed by atoms with E-state index in [1.165, 1.54) is 0 Å². The molecule has 0 aliphatic heterocycles. The van der Waals surface area contributed by atoms with E-state index in [1.807, 2.05) is 0 Å². The summed E-state index contributed by atoms with van der Waals surface area (Å²) in [6.45, 7) is 0.745. The minimum atomic E-state index is -4.19. The van der Waals surface area contributed by atoms with Crippen molar-refractivity contribution < 1.29 is 13.2 Å². The lowest BCUT2D eigenvalue weighted by Gasteiger charge is -2.11. The van der Waals surface area contributed by atoms with Crippen molar-refractivity contribution in [2.24, 2.45) is 0 Å². The SMILES string of the molecule is Cc1ccc(Br)cc1NCC(F)(F)F. The first-order valence-corrected chi connectivity index (χ1v) is 4.74. The second kappa shape index (κ2) is 4.21. The predicted octanol–water partition coefficient (Wildman–Crippen LogP) is 3.73. The summed E-state index contributed by atoms with van der Waals surface area (Å²) < 4.78 is 36.5. The number of rotatable bonds is 2. The number of benzene rings is 1. The van der Waals surface area contributed by atoms with Gasteiger partial charge >= 0.3 is 6.18 Å². The molecule has 1 aromatic carbocycles. The summed E-state index contributed by atoms with van der Waals surface area (Å²) in [6.07, 6.45) is -4.19. The molecular formula is C9H9BrF3N. The summed E-state index contributed by atoms with van der Waals surface area (Å²) in [7, 11) is 0. The fourth-order valence-corrected chi connectivity index (χ4v) is 1.34. The third-order valence-electron chi connectivity index (χ3n) is 1.68. The minimum absolute atomic E-state index is 0.497. The van der Waals surface area contributed by atoms with Crippen LogP contribution in [0.2, 0.25) is 0 Å². The van der Waals surface area contributed by atoms with Crippen LogP contribution in [0, 0.1) is 6.92 Å². The lowest BCUT2D eigenvalue weighted by Crippen LogP contribution is -2.21. The Kier molecular flexibility index (Phi) is 3.42. The first kappa shape index (κ1) is 11.4. The van der Waals surface area contributed by atoms with Crippen molar-refractivity contribution >= 4 is 21.6 Å². The quantitative estimate of drug-likeness (QED) is 0.861. The summed E-state index contributed by atoms with van der Waals surface area (Å²) in [4.78, 5) is 0. The summed E-state index contributed by atoms with van der Waals surface area (Å²) >= 11 is 3.20. The van der Waals surface area contributed by atoms with Gasteiger partial charge in [-0.3, -0.25) is 0 Å². The molecule has 0 radical (unpaired) electrons. The highest BCUT2D eigenvalue weighted by Gasteiger charge is 2.26. The Morgan fingerprint density at radius 3 is 2.57 bits per heavy atom. The molecule has 0 amide bonds. The highest BCUT2D eigenvalue weighted by Crippen LogP contribution is 2.22. The van der Waals surface area contributed by atoms with Gasteiger partial charge in [0.25, 0.3) is 0 Å². The van der Waals surface area contributed by atoms with E-state index in [1.54, 1.807) is 25.1 Å². The Bertz CT molecular complexity index is 322. The molecule has 5 heteroatoms. The van der Waals surface area contributed by atoms with E-state index in [0.29, 0.717) is 5.69 Å². The van der Waals surface area contributed by atoms with Gasteiger partial charge in [-0.25, -0.2) is 0 Å². The van der Waals surface area contributed by atoms with Crippen LogP contribution in [0.25, 0.3) is 0 Å². The molecule has 78 valence electrons. The van der Waals surface area contributed by atoms with Crippen molar-refractivity contribution in [3.05, 3.63) is 28.2 Å². The van der Waals surface area contributed by atoms with E-state index in [0.717, 1.165) is 10.0 Å². The number of halogens is 4. The number of anilines is 1. The lowest BCUT2D eigenvalue weighted by molar-refractivity contribution is -0.115. The van der Waals surface area contributed by atoms with Crippen LogP contribution in [0.4, 0.5) is 18.9 Å². The summed E-state index contributed by atoms with van der Waals surface area (Å²) in [6, 6.07) is 5.16. The molecule has 1 N–H and O–H groups in total. The average molecular weight is 268 g/mol. The largest absolute Gasteiger partial charge is 0.405 e. The fourth-order valence-electron chi connectivity index (χ4n) is 0.980. The average Bonchev–Trinajstić information content (AvgIpc) is 2.05. The summed E-state index contributed by atoms with van der Waals surface area (Å²) in [5.74, 6) is 0. The van der Waals surface area contributed by atoms with Crippen LogP contribution in [0.15, 0.2) is 22.7 Å². The summed E-state index contributed by atoms with van der Waals surface area (Å²) in [5, 5.41) is 2.34. The normalized spacial score (nSPS) is 11.5. The second-order valence-electron chi connectivity index (χ2n) is 2.93. The molecule has 0 saturated carbocycles. The predicted molar refractivity (Wildman–Crippen MR) is 53.4 cm³/mol. The number of hydrogen-bond donors (Lipinski definition) is 1. The molecule has 14 heavy (non-hydrogen) atoms. The zero-order valence-electron chi connectivity index (χ0n) is 7.45. The van der Waals surface area contributed by atoms with E-state index in [4.69, 9.17) is 0 Å². The van der Waals surface area contributed by atoms with Gasteiger partial charge in [-0.1, -0.05) is 22.0 Å². The van der Waals surface area contributed by atoms with Crippen molar-refractivity contribution in [3.8, 4) is 0 Å². The van der Waals surface area contributed by atoms with Gasteiger partial charge in [-0.2, -0.15) is 13.2 Å². The summed E-state index contributed by atoms with van der Waals surface area (Å²) in [5.41, 5.74) is 1.29. The van der Waals surface area contributed by atoms with Crippen molar-refractivity contribution in [1.82, 2.24) is 0 Å². The van der Waals surface area contributed by atoms with Gasteiger partial charge < -0.3 is 5.32 Å². The van der Waals surface area contributed by atoms with E-state index in [9.17, 15) is 13.2 Å². The first-order valence-electron chi connectivity index (χ1n) is 3.95. The first-order chi connectivity index (χ1) is 6.38. The molecule has 1 nitrogen and oxygen atoms in total. The topological polar surface area (TPSA) is 12.0 Å². The van der Waals surface area contributed by atoms with Crippen molar-refractivity contribution in [2.45, 2.75) is 13.1 Å². The Labute approximate surface area is 88.4 Å². The zero-order valence-corrected chi connectivity index (χ0v) is 9.04. The van der Waals surface area contributed by atoms with Gasteiger partial charge in [0.15, 0.2) is 0 Å². The third kappa shape index (κ3) is 3.57.